The molecule has 0 saturated heterocycles. The third kappa shape index (κ3) is 4.55. The van der Waals surface area contributed by atoms with Gasteiger partial charge in [0, 0.05) is 35.6 Å². The van der Waals surface area contributed by atoms with Crippen LogP contribution in [0.2, 0.25) is 0 Å². The van der Waals surface area contributed by atoms with E-state index in [-0.39, 0.29) is 0 Å². The molecular formula is C14H19N3S. The number of nitrogens with one attached hydrogen (secondary N) is 1. The van der Waals surface area contributed by atoms with Crippen molar-refractivity contribution in [1.82, 2.24) is 15.1 Å². The molecule has 0 spiro atoms. The fourth-order valence-electron chi connectivity index (χ4n) is 1.74. The van der Waals surface area contributed by atoms with Gasteiger partial charge in [-0.15, -0.1) is 11.8 Å². The molecule has 1 heterocycles. The van der Waals surface area contributed by atoms with Gasteiger partial charge in [0.25, 0.3) is 0 Å². The minimum atomic E-state index is 0.446. The maximum Gasteiger partial charge on any atom is 0.0559 e. The fraction of sp³-hybridized carbons (Fsp3) is 0.357. The van der Waals surface area contributed by atoms with E-state index in [9.17, 15) is 0 Å². The molecule has 3 nitrogen and oxygen atoms in total. The van der Waals surface area contributed by atoms with Crippen LogP contribution in [-0.4, -0.2) is 28.1 Å². The van der Waals surface area contributed by atoms with Crippen LogP contribution in [0.4, 0.5) is 0 Å². The van der Waals surface area contributed by atoms with Gasteiger partial charge in [0.1, 0.15) is 0 Å². The first-order valence-corrected chi connectivity index (χ1v) is 7.22. The van der Waals surface area contributed by atoms with Gasteiger partial charge in [-0.3, -0.25) is 4.68 Å². The third-order valence-electron chi connectivity index (χ3n) is 2.63. The first-order valence-electron chi connectivity index (χ1n) is 6.23. The zero-order valence-electron chi connectivity index (χ0n) is 10.6. The molecule has 2 rings (SSSR count). The van der Waals surface area contributed by atoms with Gasteiger partial charge in [0.05, 0.1) is 6.54 Å². The quantitative estimate of drug-likeness (QED) is 0.614. The number of hydrogen-bond acceptors (Lipinski definition) is 3. The lowest BCUT2D eigenvalue weighted by molar-refractivity contribution is 0.463. The van der Waals surface area contributed by atoms with E-state index in [0.29, 0.717) is 6.04 Å². The van der Waals surface area contributed by atoms with Crippen LogP contribution < -0.4 is 5.32 Å². The number of hydrogen-bond donors (Lipinski definition) is 1. The molecule has 18 heavy (non-hydrogen) atoms. The van der Waals surface area contributed by atoms with Crippen molar-refractivity contribution < 1.29 is 0 Å². The minimum absolute atomic E-state index is 0.446. The molecule has 0 bridgehead atoms. The van der Waals surface area contributed by atoms with Crippen molar-refractivity contribution in [2.45, 2.75) is 24.4 Å². The minimum Gasteiger partial charge on any atom is -0.312 e. The summed E-state index contributed by atoms with van der Waals surface area (Å²) in [5, 5.41) is 7.71. The van der Waals surface area contributed by atoms with Crippen LogP contribution >= 0.6 is 11.8 Å². The molecule has 1 aromatic heterocycles. The zero-order valence-corrected chi connectivity index (χ0v) is 11.4. The lowest BCUT2D eigenvalue weighted by Crippen LogP contribution is -2.32. The normalized spacial score (nSPS) is 12.5. The molecule has 0 aliphatic carbocycles. The smallest absolute Gasteiger partial charge is 0.0559 e. The van der Waals surface area contributed by atoms with Gasteiger partial charge in [-0.1, -0.05) is 18.2 Å². The second kappa shape index (κ2) is 7.24. The van der Waals surface area contributed by atoms with E-state index in [0.717, 1.165) is 18.8 Å². The van der Waals surface area contributed by atoms with Crippen LogP contribution in [0.15, 0.2) is 53.7 Å². The Morgan fingerprint density at radius 2 is 2.11 bits per heavy atom. The number of benzene rings is 1. The highest BCUT2D eigenvalue weighted by atomic mass is 32.2. The summed E-state index contributed by atoms with van der Waals surface area (Å²) in [7, 11) is 0. The molecular weight excluding hydrogens is 242 g/mol. The monoisotopic (exact) mass is 261 g/mol. The van der Waals surface area contributed by atoms with Crippen molar-refractivity contribution in [1.29, 1.82) is 0 Å². The Bertz CT molecular complexity index is 428. The molecule has 0 saturated carbocycles. The third-order valence-corrected chi connectivity index (χ3v) is 3.64. The molecule has 0 amide bonds. The maximum atomic E-state index is 4.20. The van der Waals surface area contributed by atoms with Gasteiger partial charge in [-0.25, -0.2) is 0 Å². The highest BCUT2D eigenvalue weighted by Gasteiger charge is 2.02. The molecule has 0 aliphatic heterocycles. The molecule has 4 heteroatoms. The summed E-state index contributed by atoms with van der Waals surface area (Å²) < 4.78 is 1.96. The number of aromatic nitrogens is 2. The largest absolute Gasteiger partial charge is 0.312 e. The van der Waals surface area contributed by atoms with Crippen LogP contribution in [0.1, 0.15) is 6.92 Å². The number of thioether (sulfide) groups is 1. The van der Waals surface area contributed by atoms with Gasteiger partial charge >= 0.3 is 0 Å². The zero-order chi connectivity index (χ0) is 12.6. The second-order valence-corrected chi connectivity index (χ2v) is 5.41. The van der Waals surface area contributed by atoms with Gasteiger partial charge < -0.3 is 5.32 Å². The van der Waals surface area contributed by atoms with Crippen LogP contribution in [-0.2, 0) is 6.54 Å². The van der Waals surface area contributed by atoms with E-state index in [1.54, 1.807) is 0 Å². The molecule has 2 aromatic rings. The lowest BCUT2D eigenvalue weighted by atomic mass is 10.3. The SMILES string of the molecule is CC(Cn1cccn1)NCCSc1ccccc1. The predicted octanol–water partition coefficient (Wildman–Crippen LogP) is 2.65. The summed E-state index contributed by atoms with van der Waals surface area (Å²) in [5.41, 5.74) is 0. The van der Waals surface area contributed by atoms with Gasteiger partial charge in [0.15, 0.2) is 0 Å². The Morgan fingerprint density at radius 1 is 1.28 bits per heavy atom. The predicted molar refractivity (Wildman–Crippen MR) is 76.9 cm³/mol. The summed E-state index contributed by atoms with van der Waals surface area (Å²) >= 11 is 1.89. The molecule has 0 radical (unpaired) electrons. The second-order valence-electron chi connectivity index (χ2n) is 4.24. The van der Waals surface area contributed by atoms with Crippen molar-refractivity contribution in [3.8, 4) is 0 Å². The molecule has 96 valence electrons. The van der Waals surface area contributed by atoms with E-state index >= 15 is 0 Å². The Balaban J connectivity index is 1.60. The van der Waals surface area contributed by atoms with Crippen LogP contribution in [0, 0.1) is 0 Å². The number of rotatable bonds is 7. The van der Waals surface area contributed by atoms with E-state index < -0.39 is 0 Å². The van der Waals surface area contributed by atoms with Gasteiger partial charge in [0.2, 0.25) is 0 Å². The Hall–Kier alpha value is -1.26. The topological polar surface area (TPSA) is 29.9 Å². The molecule has 1 atom stereocenters. The van der Waals surface area contributed by atoms with Gasteiger partial charge in [-0.2, -0.15) is 5.10 Å². The van der Waals surface area contributed by atoms with Crippen molar-refractivity contribution in [3.63, 3.8) is 0 Å². The molecule has 1 aromatic carbocycles. The van der Waals surface area contributed by atoms with E-state index in [1.165, 1.54) is 4.90 Å². The van der Waals surface area contributed by atoms with E-state index in [1.807, 2.05) is 34.9 Å². The van der Waals surface area contributed by atoms with E-state index in [4.69, 9.17) is 0 Å². The summed E-state index contributed by atoms with van der Waals surface area (Å²) in [6.45, 7) is 4.12. The molecule has 1 N–H and O–H groups in total. The first-order chi connectivity index (χ1) is 8.84. The summed E-state index contributed by atoms with van der Waals surface area (Å²) in [6.07, 6.45) is 3.81. The average Bonchev–Trinajstić information content (AvgIpc) is 2.89. The molecule has 0 aliphatic rings. The summed E-state index contributed by atoms with van der Waals surface area (Å²) in [4.78, 5) is 1.33. The van der Waals surface area contributed by atoms with Crippen LogP contribution in [0.5, 0.6) is 0 Å². The maximum absolute atomic E-state index is 4.20. The number of nitrogens with zero attached hydrogens (tertiary/aromatic N) is 2. The van der Waals surface area contributed by atoms with Crippen molar-refractivity contribution >= 4 is 11.8 Å². The van der Waals surface area contributed by atoms with E-state index in [2.05, 4.69) is 47.7 Å². The highest BCUT2D eigenvalue weighted by molar-refractivity contribution is 7.99. The lowest BCUT2D eigenvalue weighted by Gasteiger charge is -2.13. The molecule has 1 unspecified atom stereocenters. The van der Waals surface area contributed by atoms with Crippen LogP contribution in [0.3, 0.4) is 0 Å². The Kier molecular flexibility index (Phi) is 5.30. The molecule has 0 fully saturated rings. The Labute approximate surface area is 113 Å². The van der Waals surface area contributed by atoms with Crippen molar-refractivity contribution in [2.75, 3.05) is 12.3 Å². The van der Waals surface area contributed by atoms with Crippen LogP contribution in [0.25, 0.3) is 0 Å². The summed E-state index contributed by atoms with van der Waals surface area (Å²) in [5.74, 6) is 1.09. The highest BCUT2D eigenvalue weighted by Crippen LogP contribution is 2.15. The van der Waals surface area contributed by atoms with Crippen molar-refractivity contribution in [3.05, 3.63) is 48.8 Å². The van der Waals surface area contributed by atoms with Gasteiger partial charge in [-0.05, 0) is 25.1 Å². The summed E-state index contributed by atoms with van der Waals surface area (Å²) in [6, 6.07) is 12.9. The average molecular weight is 261 g/mol. The fourth-order valence-corrected chi connectivity index (χ4v) is 2.55. The standard InChI is InChI=1S/C14H19N3S/c1-13(12-17-10-5-8-16-17)15-9-11-18-14-6-3-2-4-7-14/h2-8,10,13,15H,9,11-12H2,1H3. The first kappa shape index (κ1) is 13.2. The van der Waals surface area contributed by atoms with Crippen molar-refractivity contribution in [2.24, 2.45) is 0 Å². The Morgan fingerprint density at radius 3 is 2.83 bits per heavy atom.